The minimum absolute atomic E-state index is 0.00839. The van der Waals surface area contributed by atoms with Crippen molar-refractivity contribution in [2.24, 2.45) is 17.6 Å². The zero-order valence-corrected chi connectivity index (χ0v) is 16.5. The zero-order valence-electron chi connectivity index (χ0n) is 15.7. The van der Waals surface area contributed by atoms with E-state index in [1.165, 1.54) is 11.8 Å². The fourth-order valence-corrected chi connectivity index (χ4v) is 5.08. The predicted octanol–water partition coefficient (Wildman–Crippen LogP) is 1.31. The van der Waals surface area contributed by atoms with Gasteiger partial charge in [-0.25, -0.2) is 0 Å². The van der Waals surface area contributed by atoms with Gasteiger partial charge >= 0.3 is 11.9 Å². The lowest BCUT2D eigenvalue weighted by atomic mass is 9.87. The van der Waals surface area contributed by atoms with Crippen LogP contribution in [-0.2, 0) is 14.3 Å². The van der Waals surface area contributed by atoms with Crippen LogP contribution in [0.1, 0.15) is 45.4 Å². The summed E-state index contributed by atoms with van der Waals surface area (Å²) in [5.41, 5.74) is 5.59. The average molecular weight is 402 g/mol. The molecule has 8 heteroatoms. The zero-order chi connectivity index (χ0) is 20.0. The Morgan fingerprint density at radius 1 is 1.41 bits per heavy atom. The molecule has 0 bridgehead atoms. The summed E-state index contributed by atoms with van der Waals surface area (Å²) in [5, 5.41) is 29.5. The minimum Gasteiger partial charge on any atom is -0.480 e. The van der Waals surface area contributed by atoms with Crippen LogP contribution in [-0.4, -0.2) is 62.6 Å². The number of aliphatic hydroxyl groups is 2. The average Bonchev–Trinajstić information content (AvgIpc) is 2.97. The lowest BCUT2D eigenvalue weighted by Gasteiger charge is -2.30. The maximum atomic E-state index is 12.3. The summed E-state index contributed by atoms with van der Waals surface area (Å²) in [7, 11) is 0. The normalized spacial score (nSPS) is 37.9. The van der Waals surface area contributed by atoms with Gasteiger partial charge in [0.15, 0.2) is 0 Å². The Labute approximate surface area is 164 Å². The summed E-state index contributed by atoms with van der Waals surface area (Å²) in [6.45, 7) is 1.85. The smallest absolute Gasteiger partial charge is 0.321 e. The van der Waals surface area contributed by atoms with E-state index in [-0.39, 0.29) is 30.1 Å². The molecule has 0 radical (unpaired) electrons. The molecule has 0 saturated heterocycles. The minimum atomic E-state index is -1.12. The Morgan fingerprint density at radius 3 is 2.85 bits per heavy atom. The topological polar surface area (TPSA) is 130 Å². The third kappa shape index (κ3) is 6.78. The number of ether oxygens (including phenoxy) is 1. The van der Waals surface area contributed by atoms with Crippen molar-refractivity contribution in [2.75, 3.05) is 5.75 Å². The second-order valence-corrected chi connectivity index (χ2v) is 8.90. The molecular weight excluding hydrogens is 370 g/mol. The van der Waals surface area contributed by atoms with E-state index in [2.05, 4.69) is 12.2 Å². The van der Waals surface area contributed by atoms with Gasteiger partial charge < -0.3 is 25.8 Å². The highest BCUT2D eigenvalue weighted by Crippen LogP contribution is 2.39. The molecule has 1 saturated carbocycles. The number of esters is 1. The fraction of sp³-hybridized carbons (Fsp3) is 0.789. The number of carbonyl (C=O) groups excluding carboxylic acids is 1. The molecule has 1 fully saturated rings. The van der Waals surface area contributed by atoms with E-state index >= 15 is 0 Å². The standard InChI is InChI=1S/C19H31NO6S/c1-11-5-3-2-4-6-12-7-13(21)8-14(12)18(23)16(9-17(22)26-11)27-10-15(20)19(24)25/h4,6,11-16,18,21,23H,2-3,5,7-10,20H2,1H3,(H,24,25)/b6-4+/t11-,12+,13-,14+,15-,16-,18-/m0/s1. The van der Waals surface area contributed by atoms with E-state index in [0.29, 0.717) is 12.8 Å². The summed E-state index contributed by atoms with van der Waals surface area (Å²) < 4.78 is 5.44. The maximum Gasteiger partial charge on any atom is 0.321 e. The lowest BCUT2D eigenvalue weighted by Crippen LogP contribution is -2.38. The molecule has 154 valence electrons. The van der Waals surface area contributed by atoms with Crippen LogP contribution in [0, 0.1) is 11.8 Å². The Kier molecular flexibility index (Phi) is 8.60. The van der Waals surface area contributed by atoms with Crippen molar-refractivity contribution >= 4 is 23.7 Å². The number of rotatable bonds is 4. The van der Waals surface area contributed by atoms with E-state index < -0.39 is 35.4 Å². The summed E-state index contributed by atoms with van der Waals surface area (Å²) in [5.74, 6) is -1.56. The number of thioether (sulfide) groups is 1. The van der Waals surface area contributed by atoms with E-state index in [9.17, 15) is 19.8 Å². The summed E-state index contributed by atoms with van der Waals surface area (Å²) >= 11 is 1.19. The van der Waals surface area contributed by atoms with Gasteiger partial charge in [0, 0.05) is 11.0 Å². The molecule has 0 aromatic heterocycles. The number of cyclic esters (lactones) is 1. The lowest BCUT2D eigenvalue weighted by molar-refractivity contribution is -0.149. The molecule has 2 aliphatic rings. The third-order valence-corrected chi connectivity index (χ3v) is 6.76. The molecule has 27 heavy (non-hydrogen) atoms. The second kappa shape index (κ2) is 10.5. The highest BCUT2D eigenvalue weighted by molar-refractivity contribution is 8.00. The van der Waals surface area contributed by atoms with E-state index in [1.54, 1.807) is 0 Å². The van der Waals surface area contributed by atoms with E-state index in [0.717, 1.165) is 19.3 Å². The predicted molar refractivity (Wildman–Crippen MR) is 103 cm³/mol. The van der Waals surface area contributed by atoms with Crippen molar-refractivity contribution in [2.45, 2.75) is 75.1 Å². The summed E-state index contributed by atoms with van der Waals surface area (Å²) in [4.78, 5) is 23.3. The molecule has 0 aromatic carbocycles. The van der Waals surface area contributed by atoms with Crippen LogP contribution in [0.3, 0.4) is 0 Å². The van der Waals surface area contributed by atoms with Crippen LogP contribution < -0.4 is 5.73 Å². The number of hydrogen-bond donors (Lipinski definition) is 4. The van der Waals surface area contributed by atoms with Gasteiger partial charge in [-0.2, -0.15) is 11.8 Å². The number of allylic oxidation sites excluding steroid dienone is 2. The van der Waals surface area contributed by atoms with Gasteiger partial charge in [0.25, 0.3) is 0 Å². The number of aliphatic hydroxyl groups excluding tert-OH is 2. The van der Waals surface area contributed by atoms with Crippen molar-refractivity contribution in [3.05, 3.63) is 12.2 Å². The van der Waals surface area contributed by atoms with Gasteiger partial charge in [-0.05, 0) is 50.9 Å². The molecule has 0 amide bonds. The van der Waals surface area contributed by atoms with Crippen LogP contribution in [0.2, 0.25) is 0 Å². The van der Waals surface area contributed by atoms with Crippen LogP contribution in [0.15, 0.2) is 12.2 Å². The molecule has 1 heterocycles. The van der Waals surface area contributed by atoms with Crippen LogP contribution in [0.4, 0.5) is 0 Å². The molecular formula is C19H31NO6S. The van der Waals surface area contributed by atoms with Crippen molar-refractivity contribution in [1.29, 1.82) is 0 Å². The number of carboxylic acids is 1. The quantitative estimate of drug-likeness (QED) is 0.410. The van der Waals surface area contributed by atoms with Gasteiger partial charge in [-0.1, -0.05) is 12.2 Å². The highest BCUT2D eigenvalue weighted by atomic mass is 32.2. The Balaban J connectivity index is 2.17. The van der Waals surface area contributed by atoms with Gasteiger partial charge in [0.2, 0.25) is 0 Å². The molecule has 0 aromatic rings. The van der Waals surface area contributed by atoms with Crippen molar-refractivity contribution in [3.8, 4) is 0 Å². The number of nitrogens with two attached hydrogens (primary N) is 1. The number of aliphatic carboxylic acids is 1. The van der Waals surface area contributed by atoms with Gasteiger partial charge in [-0.3, -0.25) is 9.59 Å². The Hall–Kier alpha value is -1.09. The number of carboxylic acid groups (broad SMARTS) is 1. The molecule has 1 aliphatic heterocycles. The third-order valence-electron chi connectivity index (χ3n) is 5.33. The second-order valence-electron chi connectivity index (χ2n) is 7.62. The number of hydrogen-bond acceptors (Lipinski definition) is 7. The molecule has 5 N–H and O–H groups in total. The Bertz CT molecular complexity index is 542. The number of fused-ring (bicyclic) bond motifs is 1. The maximum absolute atomic E-state index is 12.3. The van der Waals surface area contributed by atoms with Crippen molar-refractivity contribution < 1.29 is 29.6 Å². The monoisotopic (exact) mass is 401 g/mol. The summed E-state index contributed by atoms with van der Waals surface area (Å²) in [6.07, 6.45) is 6.19. The first kappa shape index (κ1) is 22.2. The molecule has 0 unspecified atom stereocenters. The first-order chi connectivity index (χ1) is 12.8. The highest BCUT2D eigenvalue weighted by Gasteiger charge is 2.40. The van der Waals surface area contributed by atoms with Gasteiger partial charge in [0.05, 0.1) is 24.7 Å². The van der Waals surface area contributed by atoms with Gasteiger partial charge in [-0.15, -0.1) is 0 Å². The van der Waals surface area contributed by atoms with E-state index in [1.807, 2.05) is 6.92 Å². The molecule has 7 nitrogen and oxygen atoms in total. The van der Waals surface area contributed by atoms with Crippen LogP contribution in [0.5, 0.6) is 0 Å². The number of carbonyl (C=O) groups is 2. The first-order valence-electron chi connectivity index (χ1n) is 9.60. The molecule has 7 atom stereocenters. The Morgan fingerprint density at radius 2 is 2.15 bits per heavy atom. The van der Waals surface area contributed by atoms with Gasteiger partial charge in [0.1, 0.15) is 6.04 Å². The van der Waals surface area contributed by atoms with Crippen LogP contribution in [0.25, 0.3) is 0 Å². The van der Waals surface area contributed by atoms with Crippen LogP contribution >= 0.6 is 11.8 Å². The fourth-order valence-electron chi connectivity index (χ4n) is 3.83. The SMILES string of the molecule is C[C@H]1CCC/C=C/[C@@H]2C[C@H](O)C[C@H]2[C@H](O)[C@@H](SC[C@H](N)C(=O)O)CC(=O)O1. The molecule has 2 rings (SSSR count). The molecule has 1 aliphatic carbocycles. The van der Waals surface area contributed by atoms with Crippen molar-refractivity contribution in [3.63, 3.8) is 0 Å². The molecule has 0 spiro atoms. The first-order valence-corrected chi connectivity index (χ1v) is 10.6. The van der Waals surface area contributed by atoms with Crippen molar-refractivity contribution in [1.82, 2.24) is 0 Å². The largest absolute Gasteiger partial charge is 0.480 e. The summed E-state index contributed by atoms with van der Waals surface area (Å²) in [6, 6.07) is -1.06. The van der Waals surface area contributed by atoms with E-state index in [4.69, 9.17) is 15.6 Å².